The van der Waals surface area contributed by atoms with Gasteiger partial charge in [-0.25, -0.2) is 0 Å². The summed E-state index contributed by atoms with van der Waals surface area (Å²) in [7, 11) is 0. The number of fused-ring (bicyclic) bond motifs is 4. The summed E-state index contributed by atoms with van der Waals surface area (Å²) >= 11 is 0. The molecule has 0 spiro atoms. The Labute approximate surface area is 337 Å². The molecule has 5 aromatic rings. The maximum absolute atomic E-state index is 6.81. The lowest BCUT2D eigenvalue weighted by atomic mass is 9.96. The molecule has 5 aliphatic rings. The molecule has 11 heteroatoms. The second kappa shape index (κ2) is 17.5. The predicted molar refractivity (Wildman–Crippen MR) is 207 cm³/mol. The fraction of sp³-hybridized carbons (Fsp3) is 0.362. The van der Waals surface area contributed by atoms with E-state index in [1.807, 2.05) is 152 Å². The van der Waals surface area contributed by atoms with Gasteiger partial charge in [-0.1, -0.05) is 152 Å². The van der Waals surface area contributed by atoms with Crippen LogP contribution in [0, 0.1) is 0 Å². The lowest BCUT2D eigenvalue weighted by molar-refractivity contribution is -0.376. The highest BCUT2D eigenvalue weighted by molar-refractivity contribution is 5.21. The molecule has 0 aliphatic carbocycles. The van der Waals surface area contributed by atoms with Crippen molar-refractivity contribution in [3.63, 3.8) is 0 Å². The van der Waals surface area contributed by atoms with Gasteiger partial charge in [0.25, 0.3) is 0 Å². The molecule has 5 saturated heterocycles. The Morgan fingerprint density at radius 2 is 0.897 bits per heavy atom. The quantitative estimate of drug-likeness (QED) is 0.127. The van der Waals surface area contributed by atoms with Gasteiger partial charge in [0.05, 0.1) is 26.4 Å². The average Bonchev–Trinajstić information content (AvgIpc) is 3.94. The van der Waals surface area contributed by atoms with Gasteiger partial charge in [0, 0.05) is 16.7 Å². The molecule has 0 amide bonds. The number of hydrogen-bond donors (Lipinski definition) is 0. The predicted octanol–water partition coefficient (Wildman–Crippen LogP) is 7.33. The minimum absolute atomic E-state index is 0.0711. The van der Waals surface area contributed by atoms with Gasteiger partial charge in [0.15, 0.2) is 31.5 Å². The molecule has 0 radical (unpaired) electrons. The van der Waals surface area contributed by atoms with Gasteiger partial charge in [-0.15, -0.1) is 0 Å². The van der Waals surface area contributed by atoms with Crippen molar-refractivity contribution in [3.05, 3.63) is 179 Å². The van der Waals surface area contributed by atoms with Crippen LogP contribution in [0.1, 0.15) is 46.7 Å². The lowest BCUT2D eigenvalue weighted by Crippen LogP contribution is -2.64. The van der Waals surface area contributed by atoms with Gasteiger partial charge in [0.2, 0.25) is 0 Å². The zero-order valence-corrected chi connectivity index (χ0v) is 31.8. The van der Waals surface area contributed by atoms with E-state index in [9.17, 15) is 0 Å². The maximum atomic E-state index is 6.81. The Balaban J connectivity index is 0.928. The largest absolute Gasteiger partial charge is 0.368 e. The molecule has 0 aromatic heterocycles. The van der Waals surface area contributed by atoms with Crippen LogP contribution in [0.4, 0.5) is 0 Å². The minimum atomic E-state index is -0.893. The van der Waals surface area contributed by atoms with Crippen molar-refractivity contribution in [1.82, 2.24) is 0 Å². The Morgan fingerprint density at radius 1 is 0.414 bits per heavy atom. The zero-order chi connectivity index (χ0) is 38.7. The topological polar surface area (TPSA) is 102 Å². The molecule has 0 bridgehead atoms. The molecule has 0 saturated carbocycles. The highest BCUT2D eigenvalue weighted by Crippen LogP contribution is 2.46. The molecule has 10 rings (SSSR count). The summed E-state index contributed by atoms with van der Waals surface area (Å²) < 4.78 is 72.9. The molecular weight excluding hydrogens is 741 g/mol. The standard InChI is InChI=1S/C47H46O11/c1-6-16-30(17-7-1)26-48-39-37-35(28-50-43(54-37)32-20-10-3-11-21-32)52-46(41(39)49-27-31-18-8-2-9-19-31)51-29-36-38-40(56-44(55-38)33-22-12-4-13-23-33)42-47(53-36)58-45(57-42)34-24-14-5-15-25-34/h1-25,35-47H,26-29H2/t35-,36-,37+,38+,39+,40+,41-,42-,43?,44?,45?,46?,47-/m1/s1. The molecule has 300 valence electrons. The van der Waals surface area contributed by atoms with Crippen molar-refractivity contribution in [2.24, 2.45) is 0 Å². The van der Waals surface area contributed by atoms with Crippen LogP contribution in [0.3, 0.4) is 0 Å². The van der Waals surface area contributed by atoms with Crippen molar-refractivity contribution in [2.45, 2.75) is 93.5 Å². The summed E-state index contributed by atoms with van der Waals surface area (Å²) in [6.45, 7) is 0.960. The highest BCUT2D eigenvalue weighted by atomic mass is 16.8. The van der Waals surface area contributed by atoms with E-state index in [4.69, 9.17) is 52.1 Å². The first-order valence-electron chi connectivity index (χ1n) is 20.0. The first kappa shape index (κ1) is 37.9. The number of hydrogen-bond acceptors (Lipinski definition) is 11. The molecule has 5 aliphatic heterocycles. The second-order valence-corrected chi connectivity index (χ2v) is 15.0. The molecule has 5 heterocycles. The molecular formula is C47H46O11. The van der Waals surface area contributed by atoms with Crippen LogP contribution < -0.4 is 0 Å². The smallest absolute Gasteiger partial charge is 0.190 e. The van der Waals surface area contributed by atoms with Crippen molar-refractivity contribution >= 4 is 0 Å². The first-order valence-corrected chi connectivity index (χ1v) is 20.0. The first-order chi connectivity index (χ1) is 28.7. The van der Waals surface area contributed by atoms with Crippen LogP contribution in [0.2, 0.25) is 0 Å². The van der Waals surface area contributed by atoms with Crippen LogP contribution in [0.5, 0.6) is 0 Å². The van der Waals surface area contributed by atoms with E-state index in [2.05, 4.69) is 0 Å². The van der Waals surface area contributed by atoms with Crippen LogP contribution >= 0.6 is 0 Å². The van der Waals surface area contributed by atoms with E-state index in [0.29, 0.717) is 13.2 Å². The van der Waals surface area contributed by atoms with Crippen molar-refractivity contribution < 1.29 is 52.1 Å². The van der Waals surface area contributed by atoms with Gasteiger partial charge < -0.3 is 52.1 Å². The zero-order valence-electron chi connectivity index (χ0n) is 31.8. The van der Waals surface area contributed by atoms with Crippen LogP contribution in [0.25, 0.3) is 0 Å². The fourth-order valence-corrected chi connectivity index (χ4v) is 8.28. The number of rotatable bonds is 12. The van der Waals surface area contributed by atoms with E-state index in [1.54, 1.807) is 0 Å². The Kier molecular flexibility index (Phi) is 11.4. The molecule has 5 aromatic carbocycles. The van der Waals surface area contributed by atoms with Gasteiger partial charge in [0.1, 0.15) is 48.8 Å². The van der Waals surface area contributed by atoms with Crippen LogP contribution in [-0.4, -0.2) is 74.6 Å². The fourth-order valence-electron chi connectivity index (χ4n) is 8.28. The SMILES string of the molecule is c1ccc(CO[C@H]2[C@H]3OC(c4ccccc4)OC[C@H]3OC(OC[C@H]3O[C@@H]4OC(c5ccccc5)O[C@@H]4[C@H]4OC(c5ccccc5)O[C@H]43)[C@@H]2OCc2ccccc2)cc1. The van der Waals surface area contributed by atoms with Gasteiger partial charge in [-0.3, -0.25) is 0 Å². The molecule has 11 nitrogen and oxygen atoms in total. The molecule has 0 N–H and O–H groups in total. The van der Waals surface area contributed by atoms with Crippen molar-refractivity contribution in [1.29, 1.82) is 0 Å². The lowest BCUT2D eigenvalue weighted by Gasteiger charge is -2.49. The average molecular weight is 787 g/mol. The number of ether oxygens (including phenoxy) is 11. The summed E-state index contributed by atoms with van der Waals surface area (Å²) in [5, 5.41) is 0. The number of benzene rings is 5. The monoisotopic (exact) mass is 786 g/mol. The molecule has 58 heavy (non-hydrogen) atoms. The Hall–Kier alpha value is -4.34. The summed E-state index contributed by atoms with van der Waals surface area (Å²) in [6, 6.07) is 49.6. The summed E-state index contributed by atoms with van der Waals surface area (Å²) in [5.74, 6) is 0. The van der Waals surface area contributed by atoms with Crippen molar-refractivity contribution in [3.8, 4) is 0 Å². The Morgan fingerprint density at radius 3 is 1.50 bits per heavy atom. The van der Waals surface area contributed by atoms with Crippen LogP contribution in [0.15, 0.2) is 152 Å². The van der Waals surface area contributed by atoms with Crippen molar-refractivity contribution in [2.75, 3.05) is 13.2 Å². The summed E-state index contributed by atoms with van der Waals surface area (Å²) in [4.78, 5) is 0. The molecule has 13 atom stereocenters. The van der Waals surface area contributed by atoms with E-state index < -0.39 is 80.3 Å². The summed E-state index contributed by atoms with van der Waals surface area (Å²) in [5.41, 5.74) is 4.71. The summed E-state index contributed by atoms with van der Waals surface area (Å²) in [6.07, 6.45) is -8.00. The van der Waals surface area contributed by atoms with Crippen LogP contribution in [-0.2, 0) is 65.3 Å². The minimum Gasteiger partial charge on any atom is -0.368 e. The van der Waals surface area contributed by atoms with Gasteiger partial charge in [-0.2, -0.15) is 0 Å². The van der Waals surface area contributed by atoms with Gasteiger partial charge in [-0.05, 0) is 11.1 Å². The normalized spacial score (nSPS) is 34.2. The Bertz CT molecular complexity index is 2030. The van der Waals surface area contributed by atoms with E-state index >= 15 is 0 Å². The molecule has 4 unspecified atom stereocenters. The highest BCUT2D eigenvalue weighted by Gasteiger charge is 2.59. The van der Waals surface area contributed by atoms with E-state index in [1.165, 1.54) is 0 Å². The third kappa shape index (κ3) is 8.14. The second-order valence-electron chi connectivity index (χ2n) is 15.0. The third-order valence-electron chi connectivity index (χ3n) is 11.2. The third-order valence-corrected chi connectivity index (χ3v) is 11.2. The van der Waals surface area contributed by atoms with E-state index in [-0.39, 0.29) is 13.2 Å². The van der Waals surface area contributed by atoms with E-state index in [0.717, 1.165) is 27.8 Å². The van der Waals surface area contributed by atoms with Gasteiger partial charge >= 0.3 is 0 Å². The maximum Gasteiger partial charge on any atom is 0.190 e. The molecule has 5 fully saturated rings.